The second-order valence-corrected chi connectivity index (χ2v) is 2.44. The Morgan fingerprint density at radius 2 is 1.91 bits per heavy atom. The average Bonchev–Trinajstić information content (AvgIpc) is 1.98. The Bertz CT molecular complexity index is 219. The van der Waals surface area contributed by atoms with Crippen molar-refractivity contribution >= 4 is 6.72 Å². The Labute approximate surface area is 68.9 Å². The molecule has 0 fully saturated rings. The first-order valence-corrected chi connectivity index (χ1v) is 3.59. The van der Waals surface area contributed by atoms with Crippen molar-refractivity contribution in [1.29, 1.82) is 0 Å². The van der Waals surface area contributed by atoms with Gasteiger partial charge in [-0.25, -0.2) is 0 Å². The van der Waals surface area contributed by atoms with Crippen LogP contribution in [0, 0.1) is 0 Å². The van der Waals surface area contributed by atoms with Gasteiger partial charge in [-0.1, -0.05) is 18.7 Å². The highest BCUT2D eigenvalue weighted by molar-refractivity contribution is 5.42. The molecular weight excluding hydrogens is 134 g/mol. The van der Waals surface area contributed by atoms with Crippen molar-refractivity contribution in [2.24, 2.45) is 4.99 Å². The van der Waals surface area contributed by atoms with E-state index >= 15 is 0 Å². The topological polar surface area (TPSA) is 12.4 Å². The lowest BCUT2D eigenvalue weighted by molar-refractivity contribution is 1.24. The molecule has 0 saturated carbocycles. The van der Waals surface area contributed by atoms with Crippen LogP contribution in [0.5, 0.6) is 0 Å². The molecular formula is C10H15N. The smallest absolute Gasteiger partial charge is 0.0439 e. The molecule has 0 unspecified atom stereocenters. The Balaban J connectivity index is 4.87. The van der Waals surface area contributed by atoms with Crippen molar-refractivity contribution in [1.82, 2.24) is 0 Å². The molecule has 0 aromatic rings. The second-order valence-electron chi connectivity index (χ2n) is 2.44. The third kappa shape index (κ3) is 2.99. The summed E-state index contributed by atoms with van der Waals surface area (Å²) in [7, 11) is 0. The van der Waals surface area contributed by atoms with Gasteiger partial charge < -0.3 is 0 Å². The van der Waals surface area contributed by atoms with E-state index in [2.05, 4.69) is 18.3 Å². The van der Waals surface area contributed by atoms with E-state index in [1.54, 1.807) is 0 Å². The Morgan fingerprint density at radius 3 is 2.18 bits per heavy atom. The van der Waals surface area contributed by atoms with Gasteiger partial charge in [-0.05, 0) is 38.6 Å². The van der Waals surface area contributed by atoms with Crippen LogP contribution in [-0.4, -0.2) is 6.72 Å². The van der Waals surface area contributed by atoms with Gasteiger partial charge in [0.2, 0.25) is 0 Å². The van der Waals surface area contributed by atoms with E-state index < -0.39 is 0 Å². The highest BCUT2D eigenvalue weighted by Gasteiger charge is 1.96. The molecule has 0 aliphatic heterocycles. The molecule has 0 aliphatic carbocycles. The number of nitrogens with zero attached hydrogens (tertiary/aromatic N) is 1. The molecule has 0 aliphatic rings. The third-order valence-corrected chi connectivity index (χ3v) is 1.42. The number of aliphatic imine (C=N–C) groups is 1. The monoisotopic (exact) mass is 149 g/mol. The largest absolute Gasteiger partial charge is 0.269 e. The van der Waals surface area contributed by atoms with Crippen LogP contribution < -0.4 is 0 Å². The normalized spacial score (nSPS) is 13.0. The predicted molar refractivity (Wildman–Crippen MR) is 51.9 cm³/mol. The SMILES string of the molecule is C=N/C(C)=C(/C=C\C)C(=C)C. The number of rotatable bonds is 3. The molecule has 1 heteroatoms. The second kappa shape index (κ2) is 4.67. The summed E-state index contributed by atoms with van der Waals surface area (Å²) < 4.78 is 0. The minimum absolute atomic E-state index is 0.926. The summed E-state index contributed by atoms with van der Waals surface area (Å²) in [6.07, 6.45) is 3.96. The average molecular weight is 149 g/mol. The quantitative estimate of drug-likeness (QED) is 0.432. The molecule has 0 aromatic carbocycles. The summed E-state index contributed by atoms with van der Waals surface area (Å²) >= 11 is 0. The first-order chi connectivity index (χ1) is 5.13. The maximum Gasteiger partial charge on any atom is 0.0439 e. The van der Waals surface area contributed by atoms with Crippen LogP contribution in [-0.2, 0) is 0 Å². The van der Waals surface area contributed by atoms with Crippen LogP contribution in [0.25, 0.3) is 0 Å². The van der Waals surface area contributed by atoms with Crippen molar-refractivity contribution in [2.45, 2.75) is 20.8 Å². The molecule has 0 bridgehead atoms. The van der Waals surface area contributed by atoms with Crippen LogP contribution in [0.15, 0.2) is 40.6 Å². The van der Waals surface area contributed by atoms with Crippen LogP contribution in [0.4, 0.5) is 0 Å². The molecule has 0 radical (unpaired) electrons. The minimum Gasteiger partial charge on any atom is -0.269 e. The highest BCUT2D eigenvalue weighted by Crippen LogP contribution is 2.14. The Hall–Kier alpha value is -1.11. The fourth-order valence-corrected chi connectivity index (χ4v) is 0.824. The molecule has 0 atom stereocenters. The maximum atomic E-state index is 3.85. The summed E-state index contributed by atoms with van der Waals surface area (Å²) in [5.41, 5.74) is 3.02. The van der Waals surface area contributed by atoms with Crippen molar-refractivity contribution < 1.29 is 0 Å². The van der Waals surface area contributed by atoms with Gasteiger partial charge >= 0.3 is 0 Å². The van der Waals surface area contributed by atoms with Crippen molar-refractivity contribution in [3.05, 3.63) is 35.6 Å². The molecule has 0 aromatic heterocycles. The first-order valence-electron chi connectivity index (χ1n) is 3.59. The van der Waals surface area contributed by atoms with Gasteiger partial charge in [0, 0.05) is 5.70 Å². The van der Waals surface area contributed by atoms with Gasteiger partial charge in [0.15, 0.2) is 0 Å². The van der Waals surface area contributed by atoms with E-state index in [1.165, 1.54) is 0 Å². The fourth-order valence-electron chi connectivity index (χ4n) is 0.824. The Morgan fingerprint density at radius 1 is 1.36 bits per heavy atom. The lowest BCUT2D eigenvalue weighted by Gasteiger charge is -2.02. The van der Waals surface area contributed by atoms with E-state index in [-0.39, 0.29) is 0 Å². The van der Waals surface area contributed by atoms with Crippen molar-refractivity contribution in [3.8, 4) is 0 Å². The summed E-state index contributed by atoms with van der Waals surface area (Å²) in [6, 6.07) is 0. The van der Waals surface area contributed by atoms with Crippen molar-refractivity contribution in [2.75, 3.05) is 0 Å². The highest BCUT2D eigenvalue weighted by atomic mass is 14.7. The van der Waals surface area contributed by atoms with Crippen LogP contribution >= 0.6 is 0 Å². The summed E-state index contributed by atoms with van der Waals surface area (Å²) in [6.45, 7) is 13.2. The van der Waals surface area contributed by atoms with E-state index in [0.717, 1.165) is 16.8 Å². The molecule has 0 heterocycles. The minimum atomic E-state index is 0.926. The van der Waals surface area contributed by atoms with Crippen molar-refractivity contribution in [3.63, 3.8) is 0 Å². The summed E-state index contributed by atoms with van der Waals surface area (Å²) in [4.78, 5) is 3.85. The van der Waals surface area contributed by atoms with Gasteiger partial charge in [0.25, 0.3) is 0 Å². The molecule has 0 saturated heterocycles. The Kier molecular flexibility index (Phi) is 4.20. The van der Waals surface area contributed by atoms with Gasteiger partial charge in [-0.15, -0.1) is 0 Å². The number of allylic oxidation sites excluding steroid dienone is 5. The maximum absolute atomic E-state index is 3.85. The molecule has 0 N–H and O–H groups in total. The molecule has 11 heavy (non-hydrogen) atoms. The van der Waals surface area contributed by atoms with E-state index in [0.29, 0.717) is 0 Å². The molecule has 1 nitrogen and oxygen atoms in total. The third-order valence-electron chi connectivity index (χ3n) is 1.42. The van der Waals surface area contributed by atoms with Gasteiger partial charge in [0.1, 0.15) is 0 Å². The van der Waals surface area contributed by atoms with Crippen LogP contribution in [0.1, 0.15) is 20.8 Å². The zero-order chi connectivity index (χ0) is 8.85. The zero-order valence-corrected chi connectivity index (χ0v) is 7.52. The lowest BCUT2D eigenvalue weighted by Crippen LogP contribution is -1.83. The zero-order valence-electron chi connectivity index (χ0n) is 7.52. The van der Waals surface area contributed by atoms with E-state index in [4.69, 9.17) is 0 Å². The standard InChI is InChI=1S/C10H15N/c1-6-7-10(8(2)3)9(4)11-5/h6-7H,2,5H2,1,3-4H3/b7-6-,10-9-. The predicted octanol–water partition coefficient (Wildman–Crippen LogP) is 3.11. The number of hydrogen-bond donors (Lipinski definition) is 0. The van der Waals surface area contributed by atoms with Crippen LogP contribution in [0.3, 0.4) is 0 Å². The lowest BCUT2D eigenvalue weighted by atomic mass is 10.1. The molecule has 0 amide bonds. The first kappa shape index (κ1) is 9.89. The molecule has 0 rings (SSSR count). The van der Waals surface area contributed by atoms with E-state index in [9.17, 15) is 0 Å². The van der Waals surface area contributed by atoms with Crippen LogP contribution in [0.2, 0.25) is 0 Å². The molecule has 60 valence electrons. The fraction of sp³-hybridized carbons (Fsp3) is 0.300. The molecule has 0 spiro atoms. The summed E-state index contributed by atoms with van der Waals surface area (Å²) in [5.74, 6) is 0. The number of hydrogen-bond acceptors (Lipinski definition) is 1. The van der Waals surface area contributed by atoms with Gasteiger partial charge in [-0.3, -0.25) is 4.99 Å². The van der Waals surface area contributed by atoms with Gasteiger partial charge in [-0.2, -0.15) is 0 Å². The van der Waals surface area contributed by atoms with Gasteiger partial charge in [0.05, 0.1) is 0 Å². The summed E-state index contributed by atoms with van der Waals surface area (Å²) in [5, 5.41) is 0. The van der Waals surface area contributed by atoms with E-state index in [1.807, 2.05) is 32.9 Å².